The van der Waals surface area contributed by atoms with Crippen molar-refractivity contribution in [1.82, 2.24) is 5.32 Å². The average molecular weight is 322 g/mol. The van der Waals surface area contributed by atoms with Crippen molar-refractivity contribution in [1.29, 1.82) is 0 Å². The molecular weight excluding hydrogens is 303 g/mol. The van der Waals surface area contributed by atoms with Crippen LogP contribution in [0.4, 0.5) is 10.1 Å². The van der Waals surface area contributed by atoms with Crippen molar-refractivity contribution in [3.63, 3.8) is 0 Å². The van der Waals surface area contributed by atoms with Crippen LogP contribution < -0.4 is 10.6 Å². The third-order valence-corrected chi connectivity index (χ3v) is 3.64. The highest BCUT2D eigenvalue weighted by molar-refractivity contribution is 5.99. The molecule has 124 valence electrons. The molecule has 1 aliphatic heterocycles. The van der Waals surface area contributed by atoms with E-state index in [9.17, 15) is 18.8 Å². The number of halogens is 1. The maximum absolute atomic E-state index is 14.1. The Bertz CT molecular complexity index is 658. The topological polar surface area (TPSA) is 95.5 Å². The van der Waals surface area contributed by atoms with Crippen molar-refractivity contribution >= 4 is 23.5 Å². The monoisotopic (exact) mass is 322 g/mol. The Morgan fingerprint density at radius 2 is 2.04 bits per heavy atom. The summed E-state index contributed by atoms with van der Waals surface area (Å²) in [6.45, 7) is 3.68. The third kappa shape index (κ3) is 4.06. The minimum absolute atomic E-state index is 0.0694. The minimum atomic E-state index is -1.15. The lowest BCUT2D eigenvalue weighted by Gasteiger charge is -2.20. The van der Waals surface area contributed by atoms with Gasteiger partial charge in [0.15, 0.2) is 0 Å². The van der Waals surface area contributed by atoms with Crippen LogP contribution in [0, 0.1) is 11.7 Å². The lowest BCUT2D eigenvalue weighted by molar-refractivity contribution is -0.139. The summed E-state index contributed by atoms with van der Waals surface area (Å²) in [5, 5.41) is 14.1. The van der Waals surface area contributed by atoms with E-state index in [2.05, 4.69) is 10.6 Å². The van der Waals surface area contributed by atoms with E-state index in [1.165, 1.54) is 6.07 Å². The van der Waals surface area contributed by atoms with E-state index in [0.29, 0.717) is 17.7 Å². The van der Waals surface area contributed by atoms with Crippen LogP contribution >= 0.6 is 0 Å². The summed E-state index contributed by atoms with van der Waals surface area (Å²) >= 11 is 0. The molecule has 0 aromatic heterocycles. The summed E-state index contributed by atoms with van der Waals surface area (Å²) in [5.41, 5.74) is 0.800. The van der Waals surface area contributed by atoms with E-state index in [4.69, 9.17) is 5.11 Å². The molecule has 0 unspecified atom stereocenters. The number of aryl methyl sites for hydroxylation is 1. The Morgan fingerprint density at radius 1 is 1.35 bits per heavy atom. The molecule has 1 atom stereocenters. The molecule has 3 N–H and O–H groups in total. The fourth-order valence-corrected chi connectivity index (χ4v) is 2.51. The highest BCUT2D eigenvalue weighted by atomic mass is 19.1. The minimum Gasteiger partial charge on any atom is -0.480 e. The largest absolute Gasteiger partial charge is 0.480 e. The fraction of sp³-hybridized carbons (Fsp3) is 0.438. The first-order valence-electron chi connectivity index (χ1n) is 7.44. The van der Waals surface area contributed by atoms with E-state index in [-0.39, 0.29) is 30.2 Å². The second kappa shape index (κ2) is 6.76. The van der Waals surface area contributed by atoms with Crippen LogP contribution in [0.1, 0.15) is 42.6 Å². The summed E-state index contributed by atoms with van der Waals surface area (Å²) in [7, 11) is 0. The molecule has 6 nitrogen and oxygen atoms in total. The molecule has 1 aliphatic rings. The second-order valence-corrected chi connectivity index (χ2v) is 6.03. The van der Waals surface area contributed by atoms with E-state index in [1.807, 2.05) is 13.8 Å². The molecule has 1 heterocycles. The normalized spacial score (nSPS) is 14.9. The van der Waals surface area contributed by atoms with Gasteiger partial charge in [-0.1, -0.05) is 13.8 Å². The predicted octanol–water partition coefficient (Wildman–Crippen LogP) is 1.94. The Hall–Kier alpha value is -2.44. The standard InChI is InChI=1S/C16H19FN2O4/c1-8(2)5-13(16(22)23)19-15(21)10-6-9-3-4-14(20)18-12(9)7-11(10)17/h6-8,13H,3-5H2,1-2H3,(H,18,20)(H,19,21)(H,22,23)/t13-/m1/s1. The van der Waals surface area contributed by atoms with Crippen molar-refractivity contribution in [3.8, 4) is 0 Å². The molecule has 0 fully saturated rings. The van der Waals surface area contributed by atoms with Gasteiger partial charge in [-0.15, -0.1) is 0 Å². The summed E-state index contributed by atoms with van der Waals surface area (Å²) < 4.78 is 14.1. The number of rotatable bonds is 5. The van der Waals surface area contributed by atoms with Gasteiger partial charge in [-0.05, 0) is 36.5 Å². The van der Waals surface area contributed by atoms with E-state index < -0.39 is 23.7 Å². The molecule has 0 saturated heterocycles. The first-order chi connectivity index (χ1) is 10.8. The number of nitrogens with one attached hydrogen (secondary N) is 2. The zero-order valence-corrected chi connectivity index (χ0v) is 13.0. The second-order valence-electron chi connectivity index (χ2n) is 6.03. The van der Waals surface area contributed by atoms with E-state index in [1.54, 1.807) is 0 Å². The van der Waals surface area contributed by atoms with Crippen LogP contribution in [-0.2, 0) is 16.0 Å². The number of hydrogen-bond donors (Lipinski definition) is 3. The summed E-state index contributed by atoms with van der Waals surface area (Å²) in [6.07, 6.45) is 0.935. The average Bonchev–Trinajstić information content (AvgIpc) is 2.44. The van der Waals surface area contributed by atoms with E-state index in [0.717, 1.165) is 6.07 Å². The van der Waals surface area contributed by atoms with Gasteiger partial charge in [-0.3, -0.25) is 9.59 Å². The van der Waals surface area contributed by atoms with Crippen molar-refractivity contribution in [3.05, 3.63) is 29.1 Å². The number of benzene rings is 1. The molecule has 1 aromatic rings. The maximum Gasteiger partial charge on any atom is 0.326 e. The number of carbonyl (C=O) groups is 3. The Kier molecular flexibility index (Phi) is 4.98. The van der Waals surface area contributed by atoms with Gasteiger partial charge in [0.2, 0.25) is 5.91 Å². The highest BCUT2D eigenvalue weighted by Gasteiger charge is 2.25. The SMILES string of the molecule is CC(C)C[C@@H](NC(=O)c1cc2c(cc1F)NC(=O)CC2)C(=O)O. The zero-order valence-electron chi connectivity index (χ0n) is 13.0. The first kappa shape index (κ1) is 16.9. The Balaban J connectivity index is 2.22. The van der Waals surface area contributed by atoms with Gasteiger partial charge in [0.05, 0.1) is 5.56 Å². The number of carboxylic acids is 1. The van der Waals surface area contributed by atoms with Gasteiger partial charge >= 0.3 is 5.97 Å². The molecule has 2 amide bonds. The smallest absolute Gasteiger partial charge is 0.326 e. The van der Waals surface area contributed by atoms with Crippen molar-refractivity contribution < 1.29 is 23.9 Å². The molecule has 7 heteroatoms. The number of anilines is 1. The molecule has 2 rings (SSSR count). The molecule has 0 saturated carbocycles. The summed E-state index contributed by atoms with van der Waals surface area (Å²) in [4.78, 5) is 34.7. The van der Waals surface area contributed by atoms with Gasteiger partial charge in [0.1, 0.15) is 11.9 Å². The van der Waals surface area contributed by atoms with Crippen LogP contribution in [-0.4, -0.2) is 28.9 Å². The van der Waals surface area contributed by atoms with Crippen molar-refractivity contribution in [2.75, 3.05) is 5.32 Å². The van der Waals surface area contributed by atoms with Crippen molar-refractivity contribution in [2.45, 2.75) is 39.2 Å². The number of carbonyl (C=O) groups excluding carboxylic acids is 2. The number of fused-ring (bicyclic) bond motifs is 1. The van der Waals surface area contributed by atoms with Crippen LogP contribution in [0.2, 0.25) is 0 Å². The molecule has 0 spiro atoms. The highest BCUT2D eigenvalue weighted by Crippen LogP contribution is 2.26. The quantitative estimate of drug-likeness (QED) is 0.772. The molecule has 1 aromatic carbocycles. The molecular formula is C16H19FN2O4. The number of carboxylic acid groups (broad SMARTS) is 1. The summed E-state index contributed by atoms with van der Waals surface area (Å²) in [5.74, 6) is -2.85. The van der Waals surface area contributed by atoms with Crippen LogP contribution in [0.15, 0.2) is 12.1 Å². The number of hydrogen-bond acceptors (Lipinski definition) is 3. The molecule has 0 aliphatic carbocycles. The fourth-order valence-electron chi connectivity index (χ4n) is 2.51. The number of amides is 2. The Labute approximate surface area is 133 Å². The molecule has 23 heavy (non-hydrogen) atoms. The van der Waals surface area contributed by atoms with Crippen LogP contribution in [0.25, 0.3) is 0 Å². The third-order valence-electron chi connectivity index (χ3n) is 3.64. The van der Waals surface area contributed by atoms with Gasteiger partial charge in [0.25, 0.3) is 5.91 Å². The van der Waals surface area contributed by atoms with Gasteiger partial charge < -0.3 is 15.7 Å². The van der Waals surface area contributed by atoms with Gasteiger partial charge in [0, 0.05) is 12.1 Å². The van der Waals surface area contributed by atoms with Crippen LogP contribution in [0.3, 0.4) is 0 Å². The van der Waals surface area contributed by atoms with Crippen LogP contribution in [0.5, 0.6) is 0 Å². The molecule has 0 bridgehead atoms. The Morgan fingerprint density at radius 3 is 2.65 bits per heavy atom. The zero-order chi connectivity index (χ0) is 17.1. The first-order valence-corrected chi connectivity index (χ1v) is 7.44. The van der Waals surface area contributed by atoms with Gasteiger partial charge in [-0.25, -0.2) is 9.18 Å². The van der Waals surface area contributed by atoms with Crippen molar-refractivity contribution in [2.24, 2.45) is 5.92 Å². The van der Waals surface area contributed by atoms with E-state index >= 15 is 0 Å². The maximum atomic E-state index is 14.1. The summed E-state index contributed by atoms with van der Waals surface area (Å²) in [6, 6.07) is 1.39. The lowest BCUT2D eigenvalue weighted by atomic mass is 9.99. The lowest BCUT2D eigenvalue weighted by Crippen LogP contribution is -2.42. The number of aliphatic carboxylic acids is 1. The predicted molar refractivity (Wildman–Crippen MR) is 81.7 cm³/mol. The molecule has 0 radical (unpaired) electrons. The van der Waals surface area contributed by atoms with Gasteiger partial charge in [-0.2, -0.15) is 0 Å².